The van der Waals surface area contributed by atoms with Crippen molar-refractivity contribution < 1.29 is 9.72 Å². The lowest BCUT2D eigenvalue weighted by molar-refractivity contribution is -0.384. The molecule has 0 saturated heterocycles. The molecule has 2 aromatic carbocycles. The number of nitrogens with one attached hydrogen (secondary N) is 1. The molecule has 0 aliphatic rings. The first-order chi connectivity index (χ1) is 13.6. The summed E-state index contributed by atoms with van der Waals surface area (Å²) in [6, 6.07) is 16.3. The number of nitro benzene ring substituents is 1. The first-order valence-electron chi connectivity index (χ1n) is 8.80. The van der Waals surface area contributed by atoms with E-state index in [9.17, 15) is 14.9 Å². The van der Waals surface area contributed by atoms with Crippen molar-refractivity contribution in [3.05, 3.63) is 88.5 Å². The fraction of sp³-hybridized carbons (Fsp3) is 0.200. The van der Waals surface area contributed by atoms with Crippen molar-refractivity contribution in [1.29, 1.82) is 0 Å². The molecule has 1 aromatic heterocycles. The van der Waals surface area contributed by atoms with Gasteiger partial charge in [-0.05, 0) is 17.7 Å². The quantitative estimate of drug-likeness (QED) is 0.340. The molecule has 0 atom stereocenters. The number of hydrogen-bond acceptors (Lipinski definition) is 5. The van der Waals surface area contributed by atoms with Gasteiger partial charge in [0.15, 0.2) is 0 Å². The van der Waals surface area contributed by atoms with Crippen molar-refractivity contribution >= 4 is 23.4 Å². The molecule has 1 heterocycles. The monoisotopic (exact) mass is 396 g/mol. The summed E-state index contributed by atoms with van der Waals surface area (Å²) in [6.45, 7) is 1.26. The van der Waals surface area contributed by atoms with E-state index < -0.39 is 4.92 Å². The van der Waals surface area contributed by atoms with E-state index in [0.29, 0.717) is 13.0 Å². The lowest BCUT2D eigenvalue weighted by atomic mass is 10.2. The maximum absolute atomic E-state index is 12.0. The highest BCUT2D eigenvalue weighted by Gasteiger charge is 2.08. The molecular formula is C20H20N4O3S. The summed E-state index contributed by atoms with van der Waals surface area (Å²) in [6.07, 6.45) is 4.35. The largest absolute Gasteiger partial charge is 0.355 e. The Kier molecular flexibility index (Phi) is 6.80. The third kappa shape index (κ3) is 5.68. The minimum absolute atomic E-state index is 0.0415. The van der Waals surface area contributed by atoms with E-state index in [4.69, 9.17) is 0 Å². The number of hydrogen-bond donors (Lipinski definition) is 1. The van der Waals surface area contributed by atoms with Gasteiger partial charge in [0.2, 0.25) is 5.91 Å². The molecule has 0 aliphatic carbocycles. The van der Waals surface area contributed by atoms with Crippen LogP contribution in [0.4, 0.5) is 5.69 Å². The summed E-state index contributed by atoms with van der Waals surface area (Å²) < 4.78 is 2.08. The molecule has 0 unspecified atom stereocenters. The first-order valence-corrected chi connectivity index (χ1v) is 9.78. The van der Waals surface area contributed by atoms with Crippen molar-refractivity contribution in [2.75, 3.05) is 12.3 Å². The maximum atomic E-state index is 12.0. The third-order valence-corrected chi connectivity index (χ3v) is 5.10. The van der Waals surface area contributed by atoms with Gasteiger partial charge in [-0.1, -0.05) is 30.3 Å². The van der Waals surface area contributed by atoms with Crippen LogP contribution in [0.25, 0.3) is 0 Å². The fourth-order valence-electron chi connectivity index (χ4n) is 2.67. The second-order valence-electron chi connectivity index (χ2n) is 6.10. The Morgan fingerprint density at radius 2 is 1.89 bits per heavy atom. The van der Waals surface area contributed by atoms with Crippen LogP contribution in [0.15, 0.2) is 71.9 Å². The van der Waals surface area contributed by atoms with Crippen LogP contribution >= 0.6 is 11.8 Å². The van der Waals surface area contributed by atoms with Gasteiger partial charge < -0.3 is 9.88 Å². The normalized spacial score (nSPS) is 10.6. The molecule has 8 heteroatoms. The van der Waals surface area contributed by atoms with E-state index in [-0.39, 0.29) is 17.3 Å². The molecule has 0 radical (unpaired) electrons. The standard InChI is InChI=1S/C20H20N4O3S/c25-20(15-28-18-8-6-17(7-9-18)24(26)27)22-11-10-19-21-12-13-23(19)14-16-4-2-1-3-5-16/h1-9,12-13H,10-11,14-15H2,(H,22,25). The van der Waals surface area contributed by atoms with Crippen LogP contribution in [0.3, 0.4) is 0 Å². The molecule has 0 bridgehead atoms. The number of benzene rings is 2. The van der Waals surface area contributed by atoms with E-state index in [1.807, 2.05) is 24.4 Å². The van der Waals surface area contributed by atoms with E-state index in [1.165, 1.54) is 29.5 Å². The van der Waals surface area contributed by atoms with Gasteiger partial charge in [-0.15, -0.1) is 11.8 Å². The summed E-state index contributed by atoms with van der Waals surface area (Å²) in [4.78, 5) is 27.4. The van der Waals surface area contributed by atoms with Gasteiger partial charge in [0, 0.05) is 48.9 Å². The second-order valence-corrected chi connectivity index (χ2v) is 7.15. The summed E-state index contributed by atoms with van der Waals surface area (Å²) in [5, 5.41) is 13.5. The number of non-ortho nitro benzene ring substituents is 1. The molecule has 0 fully saturated rings. The number of nitrogens with zero attached hydrogens (tertiary/aromatic N) is 3. The Hall–Kier alpha value is -3.13. The average Bonchev–Trinajstić information content (AvgIpc) is 3.14. The fourth-order valence-corrected chi connectivity index (χ4v) is 3.40. The van der Waals surface area contributed by atoms with Gasteiger partial charge in [-0.25, -0.2) is 4.98 Å². The Morgan fingerprint density at radius 1 is 1.14 bits per heavy atom. The van der Waals surface area contributed by atoms with Crippen LogP contribution in [0.2, 0.25) is 0 Å². The highest BCUT2D eigenvalue weighted by atomic mass is 32.2. The number of nitro groups is 1. The smallest absolute Gasteiger partial charge is 0.269 e. The minimum atomic E-state index is -0.442. The zero-order valence-electron chi connectivity index (χ0n) is 15.2. The average molecular weight is 396 g/mol. The molecule has 0 spiro atoms. The number of rotatable bonds is 9. The molecule has 3 rings (SSSR count). The molecule has 144 valence electrons. The Morgan fingerprint density at radius 3 is 2.61 bits per heavy atom. The van der Waals surface area contributed by atoms with Crippen molar-refractivity contribution in [3.8, 4) is 0 Å². The zero-order valence-corrected chi connectivity index (χ0v) is 16.0. The van der Waals surface area contributed by atoms with Crippen LogP contribution in [0, 0.1) is 10.1 Å². The second kappa shape index (κ2) is 9.70. The Labute approximate surface area is 166 Å². The van der Waals surface area contributed by atoms with Crippen molar-refractivity contribution in [2.24, 2.45) is 0 Å². The van der Waals surface area contributed by atoms with Gasteiger partial charge in [0.1, 0.15) is 5.82 Å². The topological polar surface area (TPSA) is 90.1 Å². The van der Waals surface area contributed by atoms with Crippen molar-refractivity contribution in [1.82, 2.24) is 14.9 Å². The molecule has 7 nitrogen and oxygen atoms in total. The summed E-state index contributed by atoms with van der Waals surface area (Å²) >= 11 is 1.35. The molecule has 1 N–H and O–H groups in total. The molecular weight excluding hydrogens is 376 g/mol. The highest BCUT2D eigenvalue weighted by Crippen LogP contribution is 2.21. The number of carbonyl (C=O) groups is 1. The number of imidazole rings is 1. The lowest BCUT2D eigenvalue weighted by Crippen LogP contribution is -2.28. The predicted octanol–water partition coefficient (Wildman–Crippen LogP) is 3.29. The lowest BCUT2D eigenvalue weighted by Gasteiger charge is -2.09. The van der Waals surface area contributed by atoms with Crippen LogP contribution in [0.1, 0.15) is 11.4 Å². The number of carbonyl (C=O) groups excluding carboxylic acids is 1. The molecule has 1 amide bonds. The van der Waals surface area contributed by atoms with E-state index in [2.05, 4.69) is 27.0 Å². The van der Waals surface area contributed by atoms with Crippen LogP contribution in [-0.2, 0) is 17.8 Å². The summed E-state index contributed by atoms with van der Waals surface area (Å²) in [5.41, 5.74) is 1.24. The van der Waals surface area contributed by atoms with Gasteiger partial charge in [-0.2, -0.15) is 0 Å². The van der Waals surface area contributed by atoms with Gasteiger partial charge >= 0.3 is 0 Å². The summed E-state index contributed by atoms with van der Waals surface area (Å²) in [5.74, 6) is 1.10. The Bertz CT molecular complexity index is 926. The molecule has 0 aliphatic heterocycles. The van der Waals surface area contributed by atoms with Crippen LogP contribution in [0.5, 0.6) is 0 Å². The minimum Gasteiger partial charge on any atom is -0.355 e. The van der Waals surface area contributed by atoms with Crippen molar-refractivity contribution in [3.63, 3.8) is 0 Å². The number of amides is 1. The van der Waals surface area contributed by atoms with E-state index >= 15 is 0 Å². The SMILES string of the molecule is O=C(CSc1ccc([N+](=O)[O-])cc1)NCCc1nccn1Cc1ccccc1. The zero-order chi connectivity index (χ0) is 19.8. The highest BCUT2D eigenvalue weighted by molar-refractivity contribution is 8.00. The van der Waals surface area contributed by atoms with Crippen LogP contribution < -0.4 is 5.32 Å². The number of thioether (sulfide) groups is 1. The Balaban J connectivity index is 1.42. The molecule has 3 aromatic rings. The van der Waals surface area contributed by atoms with E-state index in [1.54, 1.807) is 18.3 Å². The third-order valence-electron chi connectivity index (χ3n) is 4.09. The van der Waals surface area contributed by atoms with Crippen LogP contribution in [-0.4, -0.2) is 32.7 Å². The van der Waals surface area contributed by atoms with Gasteiger partial charge in [0.25, 0.3) is 5.69 Å². The maximum Gasteiger partial charge on any atom is 0.269 e. The predicted molar refractivity (Wildman–Crippen MR) is 108 cm³/mol. The van der Waals surface area contributed by atoms with Gasteiger partial charge in [0.05, 0.1) is 10.7 Å². The van der Waals surface area contributed by atoms with Gasteiger partial charge in [-0.3, -0.25) is 14.9 Å². The first kappa shape index (κ1) is 19.6. The molecule has 0 saturated carbocycles. The summed E-state index contributed by atoms with van der Waals surface area (Å²) in [7, 11) is 0. The number of aromatic nitrogens is 2. The van der Waals surface area contributed by atoms with E-state index in [0.717, 1.165) is 17.3 Å². The molecule has 28 heavy (non-hydrogen) atoms. The van der Waals surface area contributed by atoms with Crippen molar-refractivity contribution in [2.45, 2.75) is 17.9 Å².